The fraction of sp³-hybridized carbons (Fsp3) is 0.167. The van der Waals surface area contributed by atoms with Crippen LogP contribution in [0.4, 0.5) is 0 Å². The maximum Gasteiger partial charge on any atom is 0.144 e. The molecular formula is C18H18N2O3. The Morgan fingerprint density at radius 2 is 1.70 bits per heavy atom. The van der Waals surface area contributed by atoms with Crippen molar-refractivity contribution in [3.8, 4) is 28.6 Å². The first kappa shape index (κ1) is 15.1. The van der Waals surface area contributed by atoms with Crippen LogP contribution in [0, 0.1) is 0 Å². The predicted octanol–water partition coefficient (Wildman–Crippen LogP) is 2.92. The summed E-state index contributed by atoms with van der Waals surface area (Å²) in [6, 6.07) is 15.5. The van der Waals surface area contributed by atoms with E-state index in [0.29, 0.717) is 6.61 Å². The maximum atomic E-state index is 8.79. The third-order valence-electron chi connectivity index (χ3n) is 3.46. The molecule has 0 atom stereocenters. The molecule has 0 saturated heterocycles. The van der Waals surface area contributed by atoms with E-state index < -0.39 is 0 Å². The van der Waals surface area contributed by atoms with E-state index in [1.54, 1.807) is 13.3 Å². The highest BCUT2D eigenvalue weighted by Crippen LogP contribution is 2.24. The van der Waals surface area contributed by atoms with Gasteiger partial charge in [0.05, 0.1) is 13.7 Å². The van der Waals surface area contributed by atoms with Gasteiger partial charge in [-0.1, -0.05) is 0 Å². The molecule has 0 bridgehead atoms. The van der Waals surface area contributed by atoms with Crippen molar-refractivity contribution < 1.29 is 14.6 Å². The predicted molar refractivity (Wildman–Crippen MR) is 88.1 cm³/mol. The second kappa shape index (κ2) is 6.98. The van der Waals surface area contributed by atoms with Crippen LogP contribution in [0.5, 0.6) is 11.5 Å². The van der Waals surface area contributed by atoms with Gasteiger partial charge >= 0.3 is 0 Å². The van der Waals surface area contributed by atoms with Gasteiger partial charge < -0.3 is 14.6 Å². The molecule has 5 nitrogen and oxygen atoms in total. The minimum atomic E-state index is 0.00485. The van der Waals surface area contributed by atoms with Crippen LogP contribution in [0.25, 0.3) is 17.1 Å². The third-order valence-corrected chi connectivity index (χ3v) is 3.46. The first-order valence-corrected chi connectivity index (χ1v) is 7.33. The molecular weight excluding hydrogens is 292 g/mol. The van der Waals surface area contributed by atoms with E-state index in [4.69, 9.17) is 14.6 Å². The van der Waals surface area contributed by atoms with E-state index >= 15 is 0 Å². The molecule has 0 aliphatic carbocycles. The Bertz CT molecular complexity index is 749. The molecule has 1 heterocycles. The molecule has 5 heteroatoms. The van der Waals surface area contributed by atoms with Crippen LogP contribution < -0.4 is 9.47 Å². The van der Waals surface area contributed by atoms with Gasteiger partial charge in [0.25, 0.3) is 0 Å². The summed E-state index contributed by atoms with van der Waals surface area (Å²) in [6.07, 6.45) is 3.69. The largest absolute Gasteiger partial charge is 0.497 e. The van der Waals surface area contributed by atoms with Crippen molar-refractivity contribution in [1.29, 1.82) is 0 Å². The normalized spacial score (nSPS) is 10.5. The molecule has 0 fully saturated rings. The summed E-state index contributed by atoms with van der Waals surface area (Å²) in [6.45, 7) is 0.298. The smallest absolute Gasteiger partial charge is 0.144 e. The van der Waals surface area contributed by atoms with E-state index in [2.05, 4.69) is 4.98 Å². The van der Waals surface area contributed by atoms with Crippen molar-refractivity contribution in [3.63, 3.8) is 0 Å². The van der Waals surface area contributed by atoms with Crippen LogP contribution in [0.2, 0.25) is 0 Å². The number of methoxy groups -OCH3 is 1. The summed E-state index contributed by atoms with van der Waals surface area (Å²) in [5, 5.41) is 8.79. The Balaban J connectivity index is 1.87. The molecule has 1 aromatic heterocycles. The Morgan fingerprint density at radius 3 is 2.35 bits per heavy atom. The SMILES string of the molecule is COc1ccc(-c2nccn2-c2ccc(OCCO)cc2)cc1. The minimum absolute atomic E-state index is 0.00485. The van der Waals surface area contributed by atoms with Gasteiger partial charge in [-0.3, -0.25) is 4.57 Å². The summed E-state index contributed by atoms with van der Waals surface area (Å²) in [5.74, 6) is 2.41. The fourth-order valence-electron chi connectivity index (χ4n) is 2.33. The number of nitrogens with zero attached hydrogens (tertiary/aromatic N) is 2. The number of hydrogen-bond acceptors (Lipinski definition) is 4. The van der Waals surface area contributed by atoms with Gasteiger partial charge in [0.15, 0.2) is 0 Å². The minimum Gasteiger partial charge on any atom is -0.497 e. The van der Waals surface area contributed by atoms with Gasteiger partial charge in [0, 0.05) is 23.6 Å². The van der Waals surface area contributed by atoms with Crippen LogP contribution >= 0.6 is 0 Å². The number of ether oxygens (including phenoxy) is 2. The Kier molecular flexibility index (Phi) is 4.59. The highest BCUT2D eigenvalue weighted by atomic mass is 16.5. The number of rotatable bonds is 6. The second-order valence-electron chi connectivity index (χ2n) is 4.92. The van der Waals surface area contributed by atoms with Crippen LogP contribution in [-0.4, -0.2) is 35.0 Å². The lowest BCUT2D eigenvalue weighted by atomic mass is 10.2. The Labute approximate surface area is 134 Å². The Hall–Kier alpha value is -2.79. The molecule has 0 spiro atoms. The van der Waals surface area contributed by atoms with Gasteiger partial charge in [-0.15, -0.1) is 0 Å². The molecule has 0 unspecified atom stereocenters. The molecule has 23 heavy (non-hydrogen) atoms. The first-order chi connectivity index (χ1) is 11.3. The lowest BCUT2D eigenvalue weighted by molar-refractivity contribution is 0.201. The summed E-state index contributed by atoms with van der Waals surface area (Å²) in [5.41, 5.74) is 2.00. The molecule has 118 valence electrons. The number of hydrogen-bond donors (Lipinski definition) is 1. The second-order valence-corrected chi connectivity index (χ2v) is 4.92. The van der Waals surface area contributed by atoms with Crippen molar-refractivity contribution in [2.24, 2.45) is 0 Å². The zero-order valence-electron chi connectivity index (χ0n) is 12.8. The molecule has 0 amide bonds. The van der Waals surface area contributed by atoms with Crippen LogP contribution in [0.1, 0.15) is 0 Å². The fourth-order valence-corrected chi connectivity index (χ4v) is 2.33. The van der Waals surface area contributed by atoms with Crippen LogP contribution in [0.15, 0.2) is 60.9 Å². The van der Waals surface area contributed by atoms with Gasteiger partial charge in [-0.2, -0.15) is 0 Å². The molecule has 0 aliphatic heterocycles. The van der Waals surface area contributed by atoms with Crippen LogP contribution in [0.3, 0.4) is 0 Å². The average molecular weight is 310 g/mol. The van der Waals surface area contributed by atoms with Crippen LogP contribution in [-0.2, 0) is 0 Å². The quantitative estimate of drug-likeness (QED) is 0.760. The number of aromatic nitrogens is 2. The zero-order chi connectivity index (χ0) is 16.1. The number of aliphatic hydroxyl groups is 1. The lowest BCUT2D eigenvalue weighted by Crippen LogP contribution is -2.02. The monoisotopic (exact) mass is 310 g/mol. The molecule has 1 N–H and O–H groups in total. The number of aliphatic hydroxyl groups excluding tert-OH is 1. The highest BCUT2D eigenvalue weighted by Gasteiger charge is 2.08. The molecule has 0 radical (unpaired) electrons. The number of imidazole rings is 1. The first-order valence-electron chi connectivity index (χ1n) is 7.33. The lowest BCUT2D eigenvalue weighted by Gasteiger charge is -2.10. The summed E-state index contributed by atoms with van der Waals surface area (Å²) in [7, 11) is 1.65. The van der Waals surface area contributed by atoms with Gasteiger partial charge in [0.2, 0.25) is 0 Å². The third kappa shape index (κ3) is 3.35. The van der Waals surface area contributed by atoms with Crippen molar-refractivity contribution in [1.82, 2.24) is 9.55 Å². The van der Waals surface area contributed by atoms with E-state index in [1.807, 2.05) is 59.3 Å². The average Bonchev–Trinajstić information content (AvgIpc) is 3.10. The van der Waals surface area contributed by atoms with Crippen molar-refractivity contribution in [3.05, 3.63) is 60.9 Å². The van der Waals surface area contributed by atoms with Crippen molar-refractivity contribution >= 4 is 0 Å². The molecule has 0 saturated carbocycles. The topological polar surface area (TPSA) is 56.5 Å². The Morgan fingerprint density at radius 1 is 1.00 bits per heavy atom. The maximum absolute atomic E-state index is 8.79. The molecule has 3 aromatic rings. The van der Waals surface area contributed by atoms with Gasteiger partial charge in [-0.25, -0.2) is 4.98 Å². The van der Waals surface area contributed by atoms with E-state index in [1.165, 1.54) is 0 Å². The molecule has 3 rings (SSSR count). The number of benzene rings is 2. The molecule has 2 aromatic carbocycles. The van der Waals surface area contributed by atoms with Gasteiger partial charge in [-0.05, 0) is 48.5 Å². The molecule has 0 aliphatic rings. The summed E-state index contributed by atoms with van der Waals surface area (Å²) in [4.78, 5) is 4.45. The summed E-state index contributed by atoms with van der Waals surface area (Å²) < 4.78 is 12.6. The van der Waals surface area contributed by atoms with E-state index in [-0.39, 0.29) is 6.61 Å². The van der Waals surface area contributed by atoms with E-state index in [0.717, 1.165) is 28.6 Å². The van der Waals surface area contributed by atoms with E-state index in [9.17, 15) is 0 Å². The zero-order valence-corrected chi connectivity index (χ0v) is 12.8. The van der Waals surface area contributed by atoms with Crippen molar-refractivity contribution in [2.75, 3.05) is 20.3 Å². The van der Waals surface area contributed by atoms with Crippen molar-refractivity contribution in [2.45, 2.75) is 0 Å². The van der Waals surface area contributed by atoms with Gasteiger partial charge in [0.1, 0.15) is 23.9 Å². The summed E-state index contributed by atoms with van der Waals surface area (Å²) >= 11 is 0. The highest BCUT2D eigenvalue weighted by molar-refractivity contribution is 5.60. The standard InChI is InChI=1S/C18H18N2O3/c1-22-16-6-2-14(3-7-16)18-19-10-11-20(18)15-4-8-17(9-5-15)23-13-12-21/h2-11,21H,12-13H2,1H3.